The minimum absolute atomic E-state index is 0.0909. The Balaban J connectivity index is 2.24. The third-order valence-electron chi connectivity index (χ3n) is 2.48. The number of nitrogens with one attached hydrogen (secondary N) is 1. The monoisotopic (exact) mass is 373 g/mol. The zero-order chi connectivity index (χ0) is 15.6. The molecule has 0 aliphatic heterocycles. The van der Waals surface area contributed by atoms with Gasteiger partial charge in [-0.2, -0.15) is 0 Å². The van der Waals surface area contributed by atoms with Gasteiger partial charge >= 0.3 is 0 Å². The highest BCUT2D eigenvalue weighted by molar-refractivity contribution is 9.10. The number of halogens is 2. The molecule has 1 amide bonds. The fourth-order valence-electron chi connectivity index (χ4n) is 1.47. The molecule has 6 nitrogen and oxygen atoms in total. The third-order valence-corrected chi connectivity index (χ3v) is 3.86. The van der Waals surface area contributed by atoms with Gasteiger partial charge in [0.2, 0.25) is 10.0 Å². The summed E-state index contributed by atoms with van der Waals surface area (Å²) in [6.07, 6.45) is 1.43. The van der Waals surface area contributed by atoms with Crippen LogP contribution in [0.2, 0.25) is 0 Å². The number of nitrogens with zero attached hydrogens (tertiary/aromatic N) is 1. The van der Waals surface area contributed by atoms with Crippen molar-refractivity contribution in [2.24, 2.45) is 5.14 Å². The highest BCUT2D eigenvalue weighted by atomic mass is 79.9. The van der Waals surface area contributed by atoms with Crippen molar-refractivity contribution in [1.29, 1.82) is 0 Å². The van der Waals surface area contributed by atoms with Crippen molar-refractivity contribution in [3.63, 3.8) is 0 Å². The number of hydrogen-bond acceptors (Lipinski definition) is 4. The van der Waals surface area contributed by atoms with Gasteiger partial charge in [0.05, 0.1) is 10.6 Å². The van der Waals surface area contributed by atoms with E-state index in [9.17, 15) is 17.6 Å². The molecule has 2 aromatic rings. The average molecular weight is 374 g/mol. The van der Waals surface area contributed by atoms with Crippen molar-refractivity contribution >= 4 is 37.5 Å². The van der Waals surface area contributed by atoms with Gasteiger partial charge < -0.3 is 5.32 Å². The average Bonchev–Trinajstić information content (AvgIpc) is 2.40. The number of amides is 1. The van der Waals surface area contributed by atoms with Crippen molar-refractivity contribution in [3.05, 3.63) is 52.5 Å². The van der Waals surface area contributed by atoms with Crippen LogP contribution in [-0.4, -0.2) is 19.3 Å². The van der Waals surface area contributed by atoms with Crippen LogP contribution in [0, 0.1) is 5.82 Å². The van der Waals surface area contributed by atoms with Crippen LogP contribution < -0.4 is 10.5 Å². The number of carbonyl (C=O) groups is 1. The number of aromatic nitrogens is 1. The van der Waals surface area contributed by atoms with Crippen molar-refractivity contribution in [1.82, 2.24) is 4.98 Å². The van der Waals surface area contributed by atoms with Gasteiger partial charge in [0.15, 0.2) is 0 Å². The second kappa shape index (κ2) is 5.88. The van der Waals surface area contributed by atoms with E-state index in [-0.39, 0.29) is 16.3 Å². The number of carbonyl (C=O) groups excluding carboxylic acids is 1. The number of sulfonamides is 1. The Hall–Kier alpha value is -1.84. The van der Waals surface area contributed by atoms with Crippen molar-refractivity contribution in [2.45, 2.75) is 4.90 Å². The molecule has 1 aromatic carbocycles. The van der Waals surface area contributed by atoms with E-state index in [1.165, 1.54) is 12.3 Å². The van der Waals surface area contributed by atoms with E-state index in [1.807, 2.05) is 0 Å². The second-order valence-corrected chi connectivity index (χ2v) is 6.48. The summed E-state index contributed by atoms with van der Waals surface area (Å²) in [5.41, 5.74) is -0.0785. The minimum atomic E-state index is -4.00. The summed E-state index contributed by atoms with van der Waals surface area (Å²) in [6.45, 7) is 0. The maximum absolute atomic E-state index is 13.8. The van der Waals surface area contributed by atoms with E-state index in [1.54, 1.807) is 6.07 Å². The van der Waals surface area contributed by atoms with Crippen LogP contribution in [0.25, 0.3) is 0 Å². The molecule has 0 atom stereocenters. The SMILES string of the molecule is NS(=O)(=O)c1ccc(NC(=O)c2ccc(Br)cn2)c(F)c1. The lowest BCUT2D eigenvalue weighted by Crippen LogP contribution is -2.16. The predicted molar refractivity (Wildman–Crippen MR) is 77.7 cm³/mol. The largest absolute Gasteiger partial charge is 0.318 e. The second-order valence-electron chi connectivity index (χ2n) is 4.00. The standard InChI is InChI=1S/C12H9BrFN3O3S/c13-7-1-3-11(16-6-7)12(18)17-10-4-2-8(5-9(10)14)21(15,19)20/h1-6H,(H,17,18)(H2,15,19,20). The first-order valence-corrected chi connectivity index (χ1v) is 7.86. The lowest BCUT2D eigenvalue weighted by Gasteiger charge is -2.07. The molecule has 1 aromatic heterocycles. The first-order chi connectivity index (χ1) is 9.77. The van der Waals surface area contributed by atoms with Gasteiger partial charge in [-0.15, -0.1) is 0 Å². The van der Waals surface area contributed by atoms with Crippen LogP contribution >= 0.6 is 15.9 Å². The smallest absolute Gasteiger partial charge is 0.274 e. The third kappa shape index (κ3) is 3.84. The fourth-order valence-corrected chi connectivity index (χ4v) is 2.23. The highest BCUT2D eigenvalue weighted by Gasteiger charge is 2.14. The normalized spacial score (nSPS) is 11.2. The van der Waals surface area contributed by atoms with Crippen LogP contribution in [-0.2, 0) is 10.0 Å². The molecule has 0 bridgehead atoms. The van der Waals surface area contributed by atoms with Gasteiger partial charge in [0.25, 0.3) is 5.91 Å². The number of pyridine rings is 1. The van der Waals surface area contributed by atoms with Gasteiger partial charge in [0.1, 0.15) is 11.5 Å². The van der Waals surface area contributed by atoms with E-state index < -0.39 is 21.7 Å². The molecule has 21 heavy (non-hydrogen) atoms. The minimum Gasteiger partial charge on any atom is -0.318 e. The molecular formula is C12H9BrFN3O3S. The Morgan fingerprint density at radius 1 is 1.29 bits per heavy atom. The summed E-state index contributed by atoms with van der Waals surface area (Å²) in [4.78, 5) is 15.3. The van der Waals surface area contributed by atoms with Crippen LogP contribution in [0.15, 0.2) is 45.9 Å². The molecule has 0 aliphatic carbocycles. The van der Waals surface area contributed by atoms with Crippen LogP contribution in [0.4, 0.5) is 10.1 Å². The molecule has 0 aliphatic rings. The summed E-state index contributed by atoms with van der Waals surface area (Å²) in [5.74, 6) is -1.53. The van der Waals surface area contributed by atoms with E-state index in [0.29, 0.717) is 4.47 Å². The van der Waals surface area contributed by atoms with Gasteiger partial charge in [-0.1, -0.05) is 0 Å². The number of nitrogens with two attached hydrogens (primary N) is 1. The molecule has 0 spiro atoms. The summed E-state index contributed by atoms with van der Waals surface area (Å²) in [7, 11) is -4.00. The number of benzene rings is 1. The summed E-state index contributed by atoms with van der Waals surface area (Å²) in [6, 6.07) is 6.02. The topological polar surface area (TPSA) is 102 Å². The number of anilines is 1. The Bertz CT molecular complexity index is 794. The quantitative estimate of drug-likeness (QED) is 0.857. The molecule has 0 radical (unpaired) electrons. The van der Waals surface area contributed by atoms with E-state index in [0.717, 1.165) is 18.2 Å². The van der Waals surface area contributed by atoms with Gasteiger partial charge in [-0.3, -0.25) is 4.79 Å². The van der Waals surface area contributed by atoms with Gasteiger partial charge in [0, 0.05) is 10.7 Å². The molecule has 0 unspecified atom stereocenters. The molecule has 3 N–H and O–H groups in total. The Morgan fingerprint density at radius 3 is 2.52 bits per heavy atom. The maximum atomic E-state index is 13.8. The number of rotatable bonds is 3. The lowest BCUT2D eigenvalue weighted by atomic mass is 10.3. The van der Waals surface area contributed by atoms with Crippen molar-refractivity contribution in [3.8, 4) is 0 Å². The fraction of sp³-hybridized carbons (Fsp3) is 0. The van der Waals surface area contributed by atoms with Crippen LogP contribution in [0.5, 0.6) is 0 Å². The van der Waals surface area contributed by atoms with Crippen LogP contribution in [0.1, 0.15) is 10.5 Å². The Labute approximate surface area is 128 Å². The van der Waals surface area contributed by atoms with Gasteiger partial charge in [-0.25, -0.2) is 22.9 Å². The van der Waals surface area contributed by atoms with Gasteiger partial charge in [-0.05, 0) is 46.3 Å². The summed E-state index contributed by atoms with van der Waals surface area (Å²) >= 11 is 3.18. The molecule has 1 heterocycles. The van der Waals surface area contributed by atoms with E-state index >= 15 is 0 Å². The van der Waals surface area contributed by atoms with Crippen molar-refractivity contribution < 1.29 is 17.6 Å². The molecule has 0 saturated carbocycles. The molecule has 0 saturated heterocycles. The highest BCUT2D eigenvalue weighted by Crippen LogP contribution is 2.19. The van der Waals surface area contributed by atoms with E-state index in [4.69, 9.17) is 5.14 Å². The first kappa shape index (κ1) is 15.5. The Morgan fingerprint density at radius 2 is 2.00 bits per heavy atom. The zero-order valence-corrected chi connectivity index (χ0v) is 12.8. The zero-order valence-electron chi connectivity index (χ0n) is 10.4. The van der Waals surface area contributed by atoms with E-state index in [2.05, 4.69) is 26.2 Å². The summed E-state index contributed by atoms with van der Waals surface area (Å²) in [5, 5.41) is 7.18. The molecular weight excluding hydrogens is 365 g/mol. The first-order valence-electron chi connectivity index (χ1n) is 5.52. The number of primary sulfonamides is 1. The molecule has 9 heteroatoms. The molecule has 0 fully saturated rings. The molecule has 110 valence electrons. The number of hydrogen-bond donors (Lipinski definition) is 2. The van der Waals surface area contributed by atoms with Crippen molar-refractivity contribution in [2.75, 3.05) is 5.32 Å². The maximum Gasteiger partial charge on any atom is 0.274 e. The lowest BCUT2D eigenvalue weighted by molar-refractivity contribution is 0.102. The predicted octanol–water partition coefficient (Wildman–Crippen LogP) is 1.88. The molecule has 2 rings (SSSR count). The summed E-state index contributed by atoms with van der Waals surface area (Å²) < 4.78 is 36.6. The Kier molecular flexibility index (Phi) is 4.35. The van der Waals surface area contributed by atoms with Crippen LogP contribution in [0.3, 0.4) is 0 Å².